The third kappa shape index (κ3) is 38.1. The molecule has 0 spiro atoms. The lowest BCUT2D eigenvalue weighted by Crippen LogP contribution is -2.30. The number of nitrogens with two attached hydrogens (primary N) is 7. The lowest BCUT2D eigenvalue weighted by molar-refractivity contribution is -0.141. The van der Waals surface area contributed by atoms with E-state index < -0.39 is 60.0 Å². The maximum Gasteiger partial charge on any atom is 0.320 e. The average Bonchev–Trinajstić information content (AvgIpc) is 2.87. The summed E-state index contributed by atoms with van der Waals surface area (Å²) >= 11 is 0. The van der Waals surface area contributed by atoms with E-state index in [1.807, 2.05) is 0 Å². The summed E-state index contributed by atoms with van der Waals surface area (Å²) in [6.07, 6.45) is 1.65. The van der Waals surface area contributed by atoms with Crippen LogP contribution in [0.2, 0.25) is 0 Å². The number of aliphatic imine (C=N–C) groups is 1. The first-order valence-electron chi connectivity index (χ1n) is 11.9. The van der Waals surface area contributed by atoms with Gasteiger partial charge < -0.3 is 70.8 Å². The van der Waals surface area contributed by atoms with Gasteiger partial charge in [-0.25, -0.2) is 0 Å². The largest absolute Gasteiger partial charge is 0.481 e. The molecule has 0 unspecified atom stereocenters. The van der Waals surface area contributed by atoms with Crippen LogP contribution in [0.1, 0.15) is 51.4 Å². The number of carboxylic acid groups (broad SMARTS) is 6. The molecule has 0 aromatic rings. The van der Waals surface area contributed by atoms with Crippen LogP contribution in [0.3, 0.4) is 0 Å². The smallest absolute Gasteiger partial charge is 0.320 e. The molecule has 4 atom stereocenters. The molecule has 0 fully saturated rings. The average molecular weight is 601 g/mol. The number of rotatable bonds is 17. The highest BCUT2D eigenvalue weighted by Crippen LogP contribution is 1.95. The Morgan fingerprint density at radius 1 is 0.537 bits per heavy atom. The number of aliphatic carboxylic acids is 6. The van der Waals surface area contributed by atoms with Crippen molar-refractivity contribution < 1.29 is 59.4 Å². The Morgan fingerprint density at radius 2 is 0.829 bits per heavy atom. The van der Waals surface area contributed by atoms with Crippen LogP contribution in [-0.4, -0.2) is 110 Å². The highest BCUT2D eigenvalue weighted by Gasteiger charge is 2.13. The molecule has 0 saturated carbocycles. The van der Waals surface area contributed by atoms with Gasteiger partial charge in [-0.2, -0.15) is 0 Å². The highest BCUT2D eigenvalue weighted by molar-refractivity contribution is 5.76. The fourth-order valence-electron chi connectivity index (χ4n) is 1.91. The Kier molecular flexibility index (Phi) is 29.4. The van der Waals surface area contributed by atoms with Crippen LogP contribution in [0.5, 0.6) is 0 Å². The van der Waals surface area contributed by atoms with E-state index in [2.05, 4.69) is 4.99 Å². The van der Waals surface area contributed by atoms with Crippen molar-refractivity contribution >= 4 is 41.8 Å². The first kappa shape index (κ1) is 43.9. The van der Waals surface area contributed by atoms with Gasteiger partial charge in [0.2, 0.25) is 0 Å². The molecule has 0 aliphatic rings. The lowest BCUT2D eigenvalue weighted by atomic mass is 10.2. The summed E-state index contributed by atoms with van der Waals surface area (Å²) in [6, 6.07) is -3.68. The Labute approximate surface area is 235 Å². The van der Waals surface area contributed by atoms with Crippen molar-refractivity contribution in [3.63, 3.8) is 0 Å². The van der Waals surface area contributed by atoms with Crippen molar-refractivity contribution in [3.8, 4) is 0 Å². The zero-order chi connectivity index (χ0) is 33.1. The summed E-state index contributed by atoms with van der Waals surface area (Å²) in [4.78, 5) is 63.7. The third-order valence-corrected chi connectivity index (χ3v) is 4.29. The summed E-state index contributed by atoms with van der Waals surface area (Å²) in [5, 5.41) is 49.2. The van der Waals surface area contributed by atoms with Crippen LogP contribution < -0.4 is 40.1 Å². The molecule has 41 heavy (non-hydrogen) atoms. The predicted octanol–water partition coefficient (Wildman–Crippen LogP) is -3.88. The minimum atomic E-state index is -1.17. The molecule has 0 heterocycles. The maximum absolute atomic E-state index is 10.2. The fraction of sp³-hybridized carbons (Fsp3) is 0.667. The van der Waals surface area contributed by atoms with Crippen molar-refractivity contribution in [2.45, 2.75) is 75.5 Å². The minimum Gasteiger partial charge on any atom is -0.481 e. The number of guanidine groups is 1. The van der Waals surface area contributed by atoms with Crippen LogP contribution in [0.25, 0.3) is 0 Å². The molecule has 0 aliphatic heterocycles. The quantitative estimate of drug-likeness (QED) is 0.0431. The van der Waals surface area contributed by atoms with E-state index in [1.165, 1.54) is 0 Å². The highest BCUT2D eigenvalue weighted by atomic mass is 16.4. The van der Waals surface area contributed by atoms with Crippen molar-refractivity contribution in [2.75, 3.05) is 13.1 Å². The van der Waals surface area contributed by atoms with Crippen LogP contribution in [-0.2, 0) is 28.8 Å². The molecule has 0 amide bonds. The molecule has 20 heteroatoms. The van der Waals surface area contributed by atoms with Crippen molar-refractivity contribution in [3.05, 3.63) is 0 Å². The van der Waals surface area contributed by atoms with Crippen LogP contribution in [0, 0.1) is 0 Å². The first-order chi connectivity index (χ1) is 18.8. The van der Waals surface area contributed by atoms with Gasteiger partial charge in [0.05, 0.1) is 0 Å². The normalized spacial score (nSPS) is 12.5. The second kappa shape index (κ2) is 27.5. The van der Waals surface area contributed by atoms with E-state index >= 15 is 0 Å². The van der Waals surface area contributed by atoms with Gasteiger partial charge in [0.1, 0.15) is 24.2 Å². The number of hydrogen-bond acceptors (Lipinski definition) is 12. The third-order valence-electron chi connectivity index (χ3n) is 4.29. The van der Waals surface area contributed by atoms with E-state index in [0.29, 0.717) is 38.8 Å². The van der Waals surface area contributed by atoms with E-state index in [0.717, 1.165) is 0 Å². The van der Waals surface area contributed by atoms with Crippen LogP contribution in [0.15, 0.2) is 4.99 Å². The fourth-order valence-corrected chi connectivity index (χ4v) is 1.91. The second-order valence-electron chi connectivity index (χ2n) is 8.02. The molecule has 0 radical (unpaired) electrons. The molecule has 20 nitrogen and oxygen atoms in total. The summed E-state index contributed by atoms with van der Waals surface area (Å²) in [5.74, 6) is -6.34. The molecule has 0 aromatic carbocycles. The Morgan fingerprint density at radius 3 is 1.07 bits per heavy atom. The van der Waals surface area contributed by atoms with Gasteiger partial charge in [-0.15, -0.1) is 0 Å². The number of carbonyl (C=O) groups is 6. The zero-order valence-corrected chi connectivity index (χ0v) is 22.5. The molecule has 0 bridgehead atoms. The number of hydrogen-bond donors (Lipinski definition) is 13. The van der Waals surface area contributed by atoms with E-state index in [-0.39, 0.29) is 31.6 Å². The number of nitrogens with zero attached hydrogens (tertiary/aromatic N) is 1. The van der Waals surface area contributed by atoms with Crippen molar-refractivity contribution in [2.24, 2.45) is 45.1 Å². The molecule has 0 rings (SSSR count). The molecule has 240 valence electrons. The van der Waals surface area contributed by atoms with Gasteiger partial charge in [-0.05, 0) is 45.1 Å². The SMILES string of the molecule is NC(N)=NCCC[C@H](N)C(=O)O.NCCC[C@H](N)C(=O)O.N[C@@H](CCC(=O)O)C(=O)O.N[C@@H](CCC(=O)O)C(=O)O. The molecular formula is C21H44N8O12. The Balaban J connectivity index is -0.000000224. The Hall–Kier alpha value is -4.11. The second-order valence-corrected chi connectivity index (χ2v) is 8.02. The van der Waals surface area contributed by atoms with Crippen LogP contribution in [0.4, 0.5) is 0 Å². The van der Waals surface area contributed by atoms with Gasteiger partial charge in [0.25, 0.3) is 0 Å². The summed E-state index contributed by atoms with van der Waals surface area (Å²) in [6.45, 7) is 0.921. The topological polar surface area (TPSA) is 418 Å². The zero-order valence-electron chi connectivity index (χ0n) is 22.5. The monoisotopic (exact) mass is 600 g/mol. The first-order valence-corrected chi connectivity index (χ1v) is 11.9. The summed E-state index contributed by atoms with van der Waals surface area (Å²) in [7, 11) is 0. The van der Waals surface area contributed by atoms with E-state index in [1.54, 1.807) is 0 Å². The van der Waals surface area contributed by atoms with Crippen molar-refractivity contribution in [1.29, 1.82) is 0 Å². The van der Waals surface area contributed by atoms with E-state index in [9.17, 15) is 28.8 Å². The Bertz CT molecular complexity index is 790. The summed E-state index contributed by atoms with van der Waals surface area (Å²) in [5.41, 5.74) is 35.6. The van der Waals surface area contributed by atoms with Gasteiger partial charge in [0, 0.05) is 19.4 Å². The predicted molar refractivity (Wildman–Crippen MR) is 144 cm³/mol. The molecule has 20 N–H and O–H groups in total. The number of carboxylic acids is 6. The summed E-state index contributed by atoms with van der Waals surface area (Å²) < 4.78 is 0. The van der Waals surface area contributed by atoms with Crippen LogP contribution >= 0.6 is 0 Å². The molecule has 0 saturated heterocycles. The van der Waals surface area contributed by atoms with Gasteiger partial charge in [-0.1, -0.05) is 0 Å². The van der Waals surface area contributed by atoms with E-state index in [4.69, 9.17) is 70.8 Å². The minimum absolute atomic E-state index is 0.0129. The standard InChI is InChI=1S/C6H14N4O2.C5H12N2O2.2C5H9NO4/c7-4(5(11)12)2-1-3-10-6(8)9;6-3-1-2-4(7)5(8)9;2*6-3(5(9)10)1-2-4(7)8/h4H,1-3,7H2,(H,11,12)(H4,8,9,10);4H,1-3,6-7H2,(H,8,9);2*3H,1-2,6H2,(H,7,8)(H,9,10)/t2*4-;2*3-/m0000/s1. The molecule has 0 aromatic heterocycles. The molecular weight excluding hydrogens is 556 g/mol. The van der Waals surface area contributed by atoms with Gasteiger partial charge in [-0.3, -0.25) is 33.8 Å². The lowest BCUT2D eigenvalue weighted by Gasteiger charge is -2.03. The van der Waals surface area contributed by atoms with Gasteiger partial charge in [0.15, 0.2) is 5.96 Å². The maximum atomic E-state index is 10.2. The van der Waals surface area contributed by atoms with Gasteiger partial charge >= 0.3 is 35.8 Å². The molecule has 0 aliphatic carbocycles. The van der Waals surface area contributed by atoms with Crippen molar-refractivity contribution in [1.82, 2.24) is 0 Å².